The number of allylic oxidation sites excluding steroid dienone is 2. The molecule has 5 aliphatic carbocycles. The van der Waals surface area contributed by atoms with E-state index in [2.05, 4.69) is 56.9 Å². The Labute approximate surface area is 670 Å². The maximum atomic E-state index is 12.9. The molecule has 6 aromatic rings. The summed E-state index contributed by atoms with van der Waals surface area (Å²) in [5, 5.41) is 54.8. The van der Waals surface area contributed by atoms with Gasteiger partial charge in [0.2, 0.25) is 29.5 Å². The van der Waals surface area contributed by atoms with Crippen molar-refractivity contribution in [1.82, 2.24) is 31.7 Å². The summed E-state index contributed by atoms with van der Waals surface area (Å²) in [5.74, 6) is -0.272. The van der Waals surface area contributed by atoms with Crippen LogP contribution in [0.5, 0.6) is 0 Å². The number of nitriles is 3. The van der Waals surface area contributed by atoms with E-state index in [4.69, 9.17) is 9.63 Å². The van der Waals surface area contributed by atoms with Crippen molar-refractivity contribution in [2.45, 2.75) is 155 Å². The van der Waals surface area contributed by atoms with Gasteiger partial charge in [0, 0.05) is 74.3 Å². The van der Waals surface area contributed by atoms with Crippen LogP contribution in [-0.2, 0) is 76.6 Å². The molecule has 16 rings (SSSR count). The topological polar surface area (TPSA) is 334 Å². The number of carbonyl (C=O) groups is 9. The Hall–Kier alpha value is -9.75. The molecule has 574 valence electrons. The maximum absolute atomic E-state index is 12.9. The van der Waals surface area contributed by atoms with E-state index in [0.717, 1.165) is 84.9 Å². The van der Waals surface area contributed by atoms with Crippen LogP contribution in [0.3, 0.4) is 0 Å². The molecule has 0 spiro atoms. The number of nitrogens with zero attached hydrogens (tertiary/aromatic N) is 4. The predicted molar refractivity (Wildman–Crippen MR) is 415 cm³/mol. The number of nitrogens with one attached hydrogen (secondary N) is 5. The normalized spacial score (nSPS) is 30.9. The minimum atomic E-state index is -0.905. The molecule has 5 N–H and O–H groups in total. The van der Waals surface area contributed by atoms with Gasteiger partial charge in [-0.3, -0.25) is 43.2 Å². The van der Waals surface area contributed by atoms with E-state index in [9.17, 15) is 58.9 Å². The maximum Gasteiger partial charge on any atom is 1.00 e. The molecule has 5 amide bonds. The molecule has 1 unspecified atom stereocenters. The number of rotatable bonds is 5. The molecule has 1 aromatic heterocycles. The first-order valence-corrected chi connectivity index (χ1v) is 36.6. The molecule has 2 saturated carbocycles. The van der Waals surface area contributed by atoms with Crippen LogP contribution in [0.2, 0.25) is 0 Å². The number of hydrogen-bond donors (Lipinski definition) is 5. The van der Waals surface area contributed by atoms with Crippen molar-refractivity contribution in [3.8, 4) is 18.2 Å². The molecule has 20 nitrogen and oxygen atoms in total. The van der Waals surface area contributed by atoms with Crippen LogP contribution in [-0.4, -0.2) is 97.7 Å². The summed E-state index contributed by atoms with van der Waals surface area (Å²) in [6.45, 7) is 12.9. The van der Waals surface area contributed by atoms with Crippen molar-refractivity contribution in [3.63, 3.8) is 0 Å². The first kappa shape index (κ1) is 89.1. The summed E-state index contributed by atoms with van der Waals surface area (Å²) in [5.41, 5.74) is 2.51. The van der Waals surface area contributed by atoms with Crippen LogP contribution in [0, 0.1) is 93.2 Å². The number of ketones is 4. The fourth-order valence-corrected chi connectivity index (χ4v) is 19.5. The minimum absolute atomic E-state index is 0. The van der Waals surface area contributed by atoms with E-state index in [0.29, 0.717) is 57.6 Å². The van der Waals surface area contributed by atoms with E-state index >= 15 is 0 Å². The number of hydrogen-bond acceptors (Lipinski definition) is 15. The quantitative estimate of drug-likeness (QED) is 0.101. The fourth-order valence-electron chi connectivity index (χ4n) is 19.5. The average Bonchev–Trinajstić information content (AvgIpc) is 1.64. The Morgan fingerprint density at radius 2 is 0.764 bits per heavy atom. The number of aromatic nitrogens is 1. The third-order valence-electron chi connectivity index (χ3n) is 24.8. The van der Waals surface area contributed by atoms with Crippen molar-refractivity contribution in [1.29, 1.82) is 15.8 Å². The first-order chi connectivity index (χ1) is 50.7. The third kappa shape index (κ3) is 15.6. The van der Waals surface area contributed by atoms with Gasteiger partial charge in [-0.1, -0.05) is 221 Å². The second-order valence-corrected chi connectivity index (χ2v) is 29.4. The summed E-state index contributed by atoms with van der Waals surface area (Å²) in [6, 6.07) is 54.6. The summed E-state index contributed by atoms with van der Waals surface area (Å²) in [6.07, 6.45) is 11.2. The van der Waals surface area contributed by atoms with E-state index < -0.39 is 33.0 Å². The van der Waals surface area contributed by atoms with Gasteiger partial charge in [0.15, 0.2) is 17.3 Å². The zero-order valence-electron chi connectivity index (χ0n) is 61.2. The summed E-state index contributed by atoms with van der Waals surface area (Å²) in [4.78, 5) is 112. The third-order valence-corrected chi connectivity index (χ3v) is 24.8. The van der Waals surface area contributed by atoms with Crippen molar-refractivity contribution >= 4 is 52.7 Å². The van der Waals surface area contributed by atoms with Gasteiger partial charge in [0.25, 0.3) is 0 Å². The van der Waals surface area contributed by atoms with E-state index in [1.165, 1.54) is 0 Å². The Morgan fingerprint density at radius 1 is 0.427 bits per heavy atom. The van der Waals surface area contributed by atoms with Crippen LogP contribution < -0.4 is 61.2 Å². The van der Waals surface area contributed by atoms with Crippen LogP contribution in [0.4, 0.5) is 0 Å². The zero-order valence-corrected chi connectivity index (χ0v) is 63.2. The Bertz CT molecular complexity index is 4360. The fraction of sp³-hybridized carbons (Fsp3) is 0.449. The minimum Gasteiger partial charge on any atom is -0.857 e. The molecule has 5 aromatic carbocycles. The predicted octanol–water partition coefficient (Wildman–Crippen LogP) is 8.26. The smallest absolute Gasteiger partial charge is 0.857 e. The molecular formula is C89H106N9NaO11. The molecule has 16 atom stereocenters. The summed E-state index contributed by atoms with van der Waals surface area (Å²) >= 11 is 0. The van der Waals surface area contributed by atoms with Gasteiger partial charge in [-0.15, -0.1) is 0 Å². The van der Waals surface area contributed by atoms with Crippen LogP contribution in [0.1, 0.15) is 161 Å². The molecule has 21 heteroatoms. The van der Waals surface area contributed by atoms with Gasteiger partial charge in [0.05, 0.1) is 50.5 Å². The molecule has 5 saturated heterocycles. The average molecular weight is 1500 g/mol. The monoisotopic (exact) mass is 1500 g/mol. The van der Waals surface area contributed by atoms with Gasteiger partial charge in [0.1, 0.15) is 29.6 Å². The molecule has 6 heterocycles. The van der Waals surface area contributed by atoms with E-state index in [1.807, 2.05) is 179 Å². The van der Waals surface area contributed by atoms with E-state index in [-0.39, 0.29) is 176 Å². The number of amides is 5. The van der Waals surface area contributed by atoms with Gasteiger partial charge >= 0.3 is 29.6 Å². The Kier molecular flexibility index (Phi) is 30.6. The summed E-state index contributed by atoms with van der Waals surface area (Å²) in [7, 11) is 0.750. The van der Waals surface area contributed by atoms with Crippen molar-refractivity contribution in [3.05, 3.63) is 220 Å². The van der Waals surface area contributed by atoms with Crippen molar-refractivity contribution < 1.29 is 82.3 Å². The Morgan fingerprint density at radius 3 is 1.16 bits per heavy atom. The molecule has 10 aliphatic rings. The first-order valence-electron chi connectivity index (χ1n) is 36.6. The number of fused-ring (bicyclic) bond motifs is 6. The molecule has 0 radical (unpaired) electrons. The standard InChI is InChI=1S/2C17H18N2O2.2C17H16N2O2.C16H19NO2.CH3O.4CH4.Na/c1-11-14-7-8-18-16(20)17(14,13-5-3-2-4-6-13)9-12-10-19-21-15(11)12;3*1-11-14-7-8-19-16(21)17(14,9-12(10-18)15(11)20)13-5-3-2-4-6-13;1-11-13-8-10-17-15(19)16(13,9-7-14(11)18)12-5-3-2-4-6-12;1-2;;;;;/h2-6,10-11,14H,7-9H2,1H3,(H,18,20);2-6,11-12,14H,7-9H2,1H3,(H,19,21);2*2-6,9,11,14H,7-8H2,1H3,(H,19,21);2-6,11,13H,7-10H2,1H3,(H,17,19);1H3;4*1H4;/q;;;;;-1;;;;;+1/t11-,14-,17+;11-,12?,14-,17+;2*11-,14-,17+;11-,13-,16+;;;;;;/m00100....../s1. The molecule has 0 bridgehead atoms. The van der Waals surface area contributed by atoms with Crippen LogP contribution in [0.25, 0.3) is 0 Å². The van der Waals surface area contributed by atoms with Crippen molar-refractivity contribution in [2.24, 2.45) is 59.2 Å². The molecule has 5 aliphatic heterocycles. The van der Waals surface area contributed by atoms with Gasteiger partial charge in [-0.2, -0.15) is 22.9 Å². The van der Waals surface area contributed by atoms with Crippen LogP contribution >= 0.6 is 0 Å². The number of carbonyl (C=O) groups excluding carboxylic acids is 9. The molecule has 110 heavy (non-hydrogen) atoms. The largest absolute Gasteiger partial charge is 1.00 e. The Balaban J connectivity index is 0.000000211. The molecular weight excluding hydrogens is 1390 g/mol. The SMILES string of the molecule is C.C.C.C.C[C@@H]1C(=O)C(C#N)=C[C@]2(c3ccccc3)C(=O)NCC[C@@H]12.C[C@@H]1C(=O)C(C#N)C[C@]2(c3ccccc3)C(=O)NCC[C@@H]12.C[C@@H]1C(=O)CC[C@]2(c3ccccc3)C(=O)NCC[C@@H]12.C[C@@H]1c2oncc2C[C@]2(c3ccccc3)C(=O)NCC[C@@H]12.C[C@H]1C(=O)C(C#N)=C[C@@]2(c3ccccc3)C(=O)NCC[C@H]12.C[O-].[Na+]. The second kappa shape index (κ2) is 37.8. The van der Waals surface area contributed by atoms with Crippen molar-refractivity contribution in [2.75, 3.05) is 39.8 Å². The van der Waals surface area contributed by atoms with E-state index in [1.54, 1.807) is 18.3 Å². The number of benzene rings is 5. The zero-order chi connectivity index (χ0) is 75.0. The summed E-state index contributed by atoms with van der Waals surface area (Å²) < 4.78 is 5.45. The van der Waals surface area contributed by atoms with Crippen LogP contribution in [0.15, 0.2) is 186 Å². The van der Waals surface area contributed by atoms with Gasteiger partial charge in [-0.25, -0.2) is 0 Å². The number of Topliss-reactive ketones (excluding diaryl/α,β-unsaturated/α-hetero) is 4. The second-order valence-electron chi connectivity index (χ2n) is 29.4. The number of piperidine rings is 5. The van der Waals surface area contributed by atoms with Gasteiger partial charge < -0.3 is 36.2 Å². The van der Waals surface area contributed by atoms with Gasteiger partial charge in [-0.05, 0) is 121 Å². The molecule has 7 fully saturated rings.